The van der Waals surface area contributed by atoms with Gasteiger partial charge in [0.25, 0.3) is 0 Å². The van der Waals surface area contributed by atoms with Crippen molar-refractivity contribution in [2.24, 2.45) is 4.99 Å². The van der Waals surface area contributed by atoms with Crippen molar-refractivity contribution in [2.75, 3.05) is 27.3 Å². The summed E-state index contributed by atoms with van der Waals surface area (Å²) >= 11 is 0. The van der Waals surface area contributed by atoms with Gasteiger partial charge in [0.05, 0.1) is 7.11 Å². The Morgan fingerprint density at radius 2 is 1.96 bits per heavy atom. The van der Waals surface area contributed by atoms with Crippen molar-refractivity contribution in [3.63, 3.8) is 0 Å². The van der Waals surface area contributed by atoms with Crippen molar-refractivity contribution < 1.29 is 13.9 Å². The molecule has 28 heavy (non-hydrogen) atoms. The zero-order chi connectivity index (χ0) is 19.5. The highest BCUT2D eigenvalue weighted by atomic mass is 127. The number of ether oxygens (including phenoxy) is 2. The van der Waals surface area contributed by atoms with Crippen molar-refractivity contribution in [2.45, 2.75) is 13.0 Å². The number of hydrogen-bond acceptors (Lipinski definition) is 3. The van der Waals surface area contributed by atoms with Crippen molar-refractivity contribution in [3.05, 3.63) is 59.4 Å². The number of hydrogen-bond donors (Lipinski definition) is 2. The Morgan fingerprint density at radius 1 is 1.18 bits per heavy atom. The number of nitrogens with one attached hydrogen (secondary N) is 2. The van der Waals surface area contributed by atoms with E-state index in [1.807, 2.05) is 24.3 Å². The molecule has 7 heteroatoms. The quantitative estimate of drug-likeness (QED) is 0.254. The van der Waals surface area contributed by atoms with Crippen LogP contribution < -0.4 is 20.1 Å². The molecule has 0 fully saturated rings. The molecule has 0 aliphatic heterocycles. The number of halogens is 2. The highest BCUT2D eigenvalue weighted by Gasteiger charge is 2.07. The third-order valence-electron chi connectivity index (χ3n) is 3.87. The number of guanidine groups is 1. The van der Waals surface area contributed by atoms with Crippen LogP contribution in [0.4, 0.5) is 4.39 Å². The zero-order valence-electron chi connectivity index (χ0n) is 16.0. The standard InChI is InChI=1S/C21H24FN3O2.HI/c1-4-13-27-20-14-16(9-10-19(20)26-3)15-25-21(23-2)24-12-11-17-7-5-6-8-18(17)22;/h1,5-10,14H,11-13,15H2,2-3H3,(H2,23,24,25);1H. The molecule has 0 heterocycles. The Labute approximate surface area is 182 Å². The fourth-order valence-electron chi connectivity index (χ4n) is 2.49. The Hall–Kier alpha value is -2.47. The molecule has 0 unspecified atom stereocenters. The van der Waals surface area contributed by atoms with Gasteiger partial charge in [-0.3, -0.25) is 4.99 Å². The predicted octanol–water partition coefficient (Wildman–Crippen LogP) is 3.37. The van der Waals surface area contributed by atoms with E-state index in [4.69, 9.17) is 15.9 Å². The highest BCUT2D eigenvalue weighted by molar-refractivity contribution is 14.0. The minimum Gasteiger partial charge on any atom is -0.493 e. The molecule has 0 radical (unpaired) electrons. The van der Waals surface area contributed by atoms with E-state index in [1.54, 1.807) is 26.3 Å². The normalized spacial score (nSPS) is 10.4. The summed E-state index contributed by atoms with van der Waals surface area (Å²) in [4.78, 5) is 4.18. The molecular formula is C21H25FIN3O2. The molecule has 0 aromatic heterocycles. The maximum Gasteiger partial charge on any atom is 0.191 e. The second-order valence-corrected chi connectivity index (χ2v) is 5.67. The summed E-state index contributed by atoms with van der Waals surface area (Å²) in [5.74, 6) is 4.10. The molecule has 0 saturated heterocycles. The van der Waals surface area contributed by atoms with E-state index >= 15 is 0 Å². The van der Waals surface area contributed by atoms with Gasteiger partial charge in [0.15, 0.2) is 17.5 Å². The second kappa shape index (κ2) is 12.8. The van der Waals surface area contributed by atoms with Gasteiger partial charge in [0.2, 0.25) is 0 Å². The van der Waals surface area contributed by atoms with E-state index in [0.717, 1.165) is 5.56 Å². The Kier molecular flexibility index (Phi) is 10.8. The van der Waals surface area contributed by atoms with Gasteiger partial charge in [-0.1, -0.05) is 30.2 Å². The maximum atomic E-state index is 13.6. The Balaban J connectivity index is 0.00000392. The van der Waals surface area contributed by atoms with E-state index in [0.29, 0.717) is 42.5 Å². The number of methoxy groups -OCH3 is 1. The molecule has 5 nitrogen and oxygen atoms in total. The van der Waals surface area contributed by atoms with Crippen LogP contribution in [0.1, 0.15) is 11.1 Å². The van der Waals surface area contributed by atoms with E-state index in [-0.39, 0.29) is 36.4 Å². The van der Waals surface area contributed by atoms with Crippen molar-refractivity contribution >= 4 is 29.9 Å². The number of aliphatic imine (C=N–C) groups is 1. The lowest BCUT2D eigenvalue weighted by atomic mass is 10.1. The van der Waals surface area contributed by atoms with Crippen LogP contribution in [0.15, 0.2) is 47.5 Å². The number of terminal acetylenes is 1. The van der Waals surface area contributed by atoms with Crippen molar-refractivity contribution in [1.29, 1.82) is 0 Å². The summed E-state index contributed by atoms with van der Waals surface area (Å²) in [5.41, 5.74) is 1.66. The summed E-state index contributed by atoms with van der Waals surface area (Å²) in [6.45, 7) is 1.28. The second-order valence-electron chi connectivity index (χ2n) is 5.67. The van der Waals surface area contributed by atoms with Gasteiger partial charge in [-0.05, 0) is 35.7 Å². The Morgan fingerprint density at radius 3 is 2.64 bits per heavy atom. The van der Waals surface area contributed by atoms with Crippen LogP contribution in [0.2, 0.25) is 0 Å². The van der Waals surface area contributed by atoms with Gasteiger partial charge < -0.3 is 20.1 Å². The lowest BCUT2D eigenvalue weighted by Gasteiger charge is -2.14. The predicted molar refractivity (Wildman–Crippen MR) is 121 cm³/mol. The van der Waals surface area contributed by atoms with Crippen LogP contribution in [0.25, 0.3) is 0 Å². The van der Waals surface area contributed by atoms with E-state index in [2.05, 4.69) is 21.5 Å². The highest BCUT2D eigenvalue weighted by Crippen LogP contribution is 2.27. The summed E-state index contributed by atoms with van der Waals surface area (Å²) < 4.78 is 24.4. The minimum absolute atomic E-state index is 0. The monoisotopic (exact) mass is 497 g/mol. The first-order chi connectivity index (χ1) is 13.2. The SMILES string of the molecule is C#CCOc1cc(CNC(=NC)NCCc2ccccc2F)ccc1OC.I. The number of benzene rings is 2. The molecule has 0 spiro atoms. The van der Waals surface area contributed by atoms with Crippen LogP contribution >= 0.6 is 24.0 Å². The first-order valence-electron chi connectivity index (χ1n) is 8.59. The third kappa shape index (κ3) is 7.27. The van der Waals surface area contributed by atoms with E-state index < -0.39 is 0 Å². The topological polar surface area (TPSA) is 54.9 Å². The van der Waals surface area contributed by atoms with Crippen LogP contribution in [-0.2, 0) is 13.0 Å². The van der Waals surface area contributed by atoms with Crippen LogP contribution in [0.5, 0.6) is 11.5 Å². The fraction of sp³-hybridized carbons (Fsp3) is 0.286. The molecule has 0 atom stereocenters. The molecule has 150 valence electrons. The van der Waals surface area contributed by atoms with E-state index in [1.165, 1.54) is 6.07 Å². The first-order valence-corrected chi connectivity index (χ1v) is 8.59. The van der Waals surface area contributed by atoms with Crippen LogP contribution in [0.3, 0.4) is 0 Å². The van der Waals surface area contributed by atoms with E-state index in [9.17, 15) is 4.39 Å². The smallest absolute Gasteiger partial charge is 0.191 e. The molecule has 2 aromatic carbocycles. The molecule has 0 amide bonds. The maximum absolute atomic E-state index is 13.6. The fourth-order valence-corrected chi connectivity index (χ4v) is 2.49. The summed E-state index contributed by atoms with van der Waals surface area (Å²) in [7, 11) is 3.27. The molecule has 0 bridgehead atoms. The molecule has 2 aromatic rings. The van der Waals surface area contributed by atoms with Crippen molar-refractivity contribution in [1.82, 2.24) is 10.6 Å². The summed E-state index contributed by atoms with van der Waals surface area (Å²) in [6, 6.07) is 12.4. The molecule has 0 aliphatic carbocycles. The van der Waals surface area contributed by atoms with Gasteiger partial charge in [-0.2, -0.15) is 0 Å². The average molecular weight is 497 g/mol. The molecule has 0 saturated carbocycles. The zero-order valence-corrected chi connectivity index (χ0v) is 18.3. The van der Waals surface area contributed by atoms with Crippen LogP contribution in [-0.4, -0.2) is 33.3 Å². The summed E-state index contributed by atoms with van der Waals surface area (Å²) in [6.07, 6.45) is 5.81. The van der Waals surface area contributed by atoms with Gasteiger partial charge in [0.1, 0.15) is 12.4 Å². The lowest BCUT2D eigenvalue weighted by molar-refractivity contribution is 0.330. The molecule has 0 aliphatic rings. The molecule has 2 N–H and O–H groups in total. The number of rotatable bonds is 8. The Bertz CT molecular complexity index is 822. The molecular weight excluding hydrogens is 472 g/mol. The van der Waals surface area contributed by atoms with Gasteiger partial charge in [-0.25, -0.2) is 4.39 Å². The summed E-state index contributed by atoms with van der Waals surface area (Å²) in [5, 5.41) is 6.39. The van der Waals surface area contributed by atoms with Gasteiger partial charge in [0, 0.05) is 20.1 Å². The van der Waals surface area contributed by atoms with Gasteiger partial charge in [-0.15, -0.1) is 30.4 Å². The van der Waals surface area contributed by atoms with Crippen molar-refractivity contribution in [3.8, 4) is 23.8 Å². The third-order valence-corrected chi connectivity index (χ3v) is 3.87. The van der Waals surface area contributed by atoms with Crippen LogP contribution in [0, 0.1) is 18.2 Å². The molecule has 2 rings (SSSR count). The lowest BCUT2D eigenvalue weighted by Crippen LogP contribution is -2.37. The van der Waals surface area contributed by atoms with Gasteiger partial charge >= 0.3 is 0 Å². The average Bonchev–Trinajstić information content (AvgIpc) is 2.70. The largest absolute Gasteiger partial charge is 0.493 e. The minimum atomic E-state index is -0.194. The first kappa shape index (κ1) is 23.6. The number of nitrogens with zero attached hydrogens (tertiary/aromatic N) is 1.